The van der Waals surface area contributed by atoms with Gasteiger partial charge in [0, 0.05) is 25.9 Å². The monoisotopic (exact) mass is 203 g/mol. The molecular formula is C10H18ClNO. The average Bonchev–Trinajstić information content (AvgIpc) is 2.06. The van der Waals surface area contributed by atoms with Gasteiger partial charge in [-0.1, -0.05) is 6.42 Å². The molecule has 1 aliphatic carbocycles. The number of carbonyl (C=O) groups is 1. The van der Waals surface area contributed by atoms with Crippen LogP contribution < -0.4 is 0 Å². The lowest BCUT2D eigenvalue weighted by Gasteiger charge is -2.30. The Morgan fingerprint density at radius 2 is 2.23 bits per heavy atom. The molecule has 0 aromatic carbocycles. The smallest absolute Gasteiger partial charge is 0.222 e. The van der Waals surface area contributed by atoms with E-state index in [9.17, 15) is 4.79 Å². The first kappa shape index (κ1) is 10.8. The van der Waals surface area contributed by atoms with Crippen molar-refractivity contribution in [2.24, 2.45) is 5.92 Å². The number of hydrogen-bond donors (Lipinski definition) is 0. The fraction of sp³-hybridized carbons (Fsp3) is 0.900. The third-order valence-corrected chi connectivity index (χ3v) is 2.97. The van der Waals surface area contributed by atoms with E-state index < -0.39 is 0 Å². The summed E-state index contributed by atoms with van der Waals surface area (Å²) >= 11 is 5.52. The minimum absolute atomic E-state index is 0.243. The molecule has 76 valence electrons. The number of amides is 1. The number of carbonyl (C=O) groups excluding carboxylic acids is 1. The average molecular weight is 204 g/mol. The number of nitrogens with zero attached hydrogens (tertiary/aromatic N) is 1. The Hall–Kier alpha value is -0.240. The predicted octanol–water partition coefficient (Wildman–Crippen LogP) is 2.26. The van der Waals surface area contributed by atoms with Crippen molar-refractivity contribution in [2.45, 2.75) is 32.1 Å². The molecular weight excluding hydrogens is 186 g/mol. The molecule has 0 spiro atoms. The second-order valence-electron chi connectivity index (χ2n) is 3.86. The molecule has 0 N–H and O–H groups in total. The van der Waals surface area contributed by atoms with Crippen molar-refractivity contribution >= 4 is 17.5 Å². The topological polar surface area (TPSA) is 20.3 Å². The van der Waals surface area contributed by atoms with E-state index in [2.05, 4.69) is 0 Å². The molecule has 0 bridgehead atoms. The van der Waals surface area contributed by atoms with Crippen molar-refractivity contribution in [3.8, 4) is 0 Å². The van der Waals surface area contributed by atoms with E-state index in [1.807, 2.05) is 11.9 Å². The predicted molar refractivity (Wildman–Crippen MR) is 54.9 cm³/mol. The Bertz CT molecular complexity index is 168. The van der Waals surface area contributed by atoms with Crippen LogP contribution in [0.15, 0.2) is 0 Å². The summed E-state index contributed by atoms with van der Waals surface area (Å²) in [6.07, 6.45) is 5.34. The molecule has 1 saturated carbocycles. The quantitative estimate of drug-likeness (QED) is 0.628. The van der Waals surface area contributed by atoms with Gasteiger partial charge in [0.15, 0.2) is 0 Å². The molecule has 1 rings (SSSR count). The van der Waals surface area contributed by atoms with Crippen molar-refractivity contribution in [1.82, 2.24) is 4.90 Å². The van der Waals surface area contributed by atoms with Gasteiger partial charge in [0.25, 0.3) is 0 Å². The first-order valence-electron chi connectivity index (χ1n) is 5.04. The molecule has 0 aliphatic heterocycles. The molecule has 13 heavy (non-hydrogen) atoms. The van der Waals surface area contributed by atoms with Crippen molar-refractivity contribution in [3.63, 3.8) is 0 Å². The molecule has 1 aliphatic rings. The van der Waals surface area contributed by atoms with E-state index in [0.29, 0.717) is 12.3 Å². The Morgan fingerprint density at radius 1 is 1.54 bits per heavy atom. The fourth-order valence-corrected chi connectivity index (χ4v) is 1.71. The van der Waals surface area contributed by atoms with Gasteiger partial charge in [0.1, 0.15) is 0 Å². The van der Waals surface area contributed by atoms with Gasteiger partial charge < -0.3 is 4.90 Å². The van der Waals surface area contributed by atoms with Crippen LogP contribution in [0.4, 0.5) is 0 Å². The van der Waals surface area contributed by atoms with Crippen molar-refractivity contribution in [3.05, 3.63) is 0 Å². The van der Waals surface area contributed by atoms with Gasteiger partial charge >= 0.3 is 0 Å². The highest BCUT2D eigenvalue weighted by molar-refractivity contribution is 6.17. The first-order chi connectivity index (χ1) is 6.24. The normalized spacial score (nSPS) is 16.8. The molecule has 1 amide bonds. The van der Waals surface area contributed by atoms with E-state index in [-0.39, 0.29) is 5.91 Å². The molecule has 0 heterocycles. The highest BCUT2D eigenvalue weighted by Gasteiger charge is 2.20. The Morgan fingerprint density at radius 3 is 2.69 bits per heavy atom. The van der Waals surface area contributed by atoms with Gasteiger partial charge in [-0.2, -0.15) is 0 Å². The second kappa shape index (κ2) is 5.48. The third-order valence-electron chi connectivity index (χ3n) is 2.71. The maximum Gasteiger partial charge on any atom is 0.222 e. The molecule has 0 aromatic rings. The van der Waals surface area contributed by atoms with Crippen LogP contribution in [0.5, 0.6) is 0 Å². The molecule has 1 fully saturated rings. The summed E-state index contributed by atoms with van der Waals surface area (Å²) < 4.78 is 0. The van der Waals surface area contributed by atoms with Gasteiger partial charge in [-0.15, -0.1) is 11.6 Å². The second-order valence-corrected chi connectivity index (χ2v) is 4.24. The highest BCUT2D eigenvalue weighted by Crippen LogP contribution is 2.26. The standard InChI is InChI=1S/C10H18ClNO/c1-12(8-9-4-2-5-9)10(13)6-3-7-11/h9H,2-8H2,1H3. The molecule has 0 aromatic heterocycles. The van der Waals surface area contributed by atoms with Crippen LogP contribution in [0.25, 0.3) is 0 Å². The van der Waals surface area contributed by atoms with Crippen molar-refractivity contribution < 1.29 is 4.79 Å². The summed E-state index contributed by atoms with van der Waals surface area (Å²) in [6.45, 7) is 0.946. The van der Waals surface area contributed by atoms with Crippen molar-refractivity contribution in [1.29, 1.82) is 0 Å². The lowest BCUT2D eigenvalue weighted by Crippen LogP contribution is -2.34. The van der Waals surface area contributed by atoms with E-state index in [0.717, 1.165) is 18.9 Å². The van der Waals surface area contributed by atoms with Gasteiger partial charge in [0.05, 0.1) is 0 Å². The van der Waals surface area contributed by atoms with E-state index in [4.69, 9.17) is 11.6 Å². The molecule has 2 nitrogen and oxygen atoms in total. The molecule has 0 unspecified atom stereocenters. The zero-order chi connectivity index (χ0) is 9.68. The van der Waals surface area contributed by atoms with Gasteiger partial charge in [-0.25, -0.2) is 0 Å². The van der Waals surface area contributed by atoms with E-state index in [1.165, 1.54) is 19.3 Å². The Balaban J connectivity index is 2.13. The molecule has 0 atom stereocenters. The Kier molecular flexibility index (Phi) is 4.57. The first-order valence-corrected chi connectivity index (χ1v) is 5.57. The minimum Gasteiger partial charge on any atom is -0.345 e. The summed E-state index contributed by atoms with van der Waals surface area (Å²) in [6, 6.07) is 0. The maximum atomic E-state index is 11.4. The van der Waals surface area contributed by atoms with Crippen LogP contribution in [0.1, 0.15) is 32.1 Å². The van der Waals surface area contributed by atoms with Crippen molar-refractivity contribution in [2.75, 3.05) is 19.5 Å². The maximum absolute atomic E-state index is 11.4. The third kappa shape index (κ3) is 3.55. The zero-order valence-electron chi connectivity index (χ0n) is 8.26. The lowest BCUT2D eigenvalue weighted by atomic mass is 9.85. The largest absolute Gasteiger partial charge is 0.345 e. The summed E-state index contributed by atoms with van der Waals surface area (Å²) in [7, 11) is 1.90. The van der Waals surface area contributed by atoms with E-state index in [1.54, 1.807) is 0 Å². The summed E-state index contributed by atoms with van der Waals surface area (Å²) in [5.74, 6) is 1.60. The fourth-order valence-electron chi connectivity index (χ4n) is 1.57. The van der Waals surface area contributed by atoms with E-state index >= 15 is 0 Å². The zero-order valence-corrected chi connectivity index (χ0v) is 9.02. The summed E-state index contributed by atoms with van der Waals surface area (Å²) in [5.41, 5.74) is 0. The van der Waals surface area contributed by atoms with Crippen LogP contribution >= 0.6 is 11.6 Å². The summed E-state index contributed by atoms with van der Waals surface area (Å²) in [4.78, 5) is 13.3. The van der Waals surface area contributed by atoms with Gasteiger partial charge in [-0.05, 0) is 25.2 Å². The Labute approximate surface area is 85.2 Å². The molecule has 3 heteroatoms. The van der Waals surface area contributed by atoms with Gasteiger partial charge in [0.2, 0.25) is 5.91 Å². The van der Waals surface area contributed by atoms with Crippen LogP contribution in [0.2, 0.25) is 0 Å². The highest BCUT2D eigenvalue weighted by atomic mass is 35.5. The van der Waals surface area contributed by atoms with Crippen LogP contribution in [-0.4, -0.2) is 30.3 Å². The van der Waals surface area contributed by atoms with Crippen LogP contribution in [-0.2, 0) is 4.79 Å². The summed E-state index contributed by atoms with van der Waals surface area (Å²) in [5, 5.41) is 0. The number of hydrogen-bond acceptors (Lipinski definition) is 1. The molecule has 0 saturated heterocycles. The van der Waals surface area contributed by atoms with Gasteiger partial charge in [-0.3, -0.25) is 4.79 Å². The van der Waals surface area contributed by atoms with Crippen LogP contribution in [0, 0.1) is 5.92 Å². The van der Waals surface area contributed by atoms with Crippen LogP contribution in [0.3, 0.4) is 0 Å². The lowest BCUT2D eigenvalue weighted by molar-refractivity contribution is -0.130. The molecule has 0 radical (unpaired) electrons. The number of rotatable bonds is 5. The minimum atomic E-state index is 0.243. The number of halogens is 1. The SMILES string of the molecule is CN(CC1CCC1)C(=O)CCCCl. The number of alkyl halides is 1.